The van der Waals surface area contributed by atoms with Gasteiger partial charge in [0.25, 0.3) is 0 Å². The first-order valence-electron chi connectivity index (χ1n) is 13.3. The van der Waals surface area contributed by atoms with E-state index in [-0.39, 0.29) is 35.5 Å². The van der Waals surface area contributed by atoms with Crippen LogP contribution in [0.5, 0.6) is 5.75 Å². The van der Waals surface area contributed by atoms with Crippen molar-refractivity contribution >= 4 is 17.5 Å². The van der Waals surface area contributed by atoms with E-state index in [0.717, 1.165) is 25.0 Å². The van der Waals surface area contributed by atoms with E-state index in [1.54, 1.807) is 0 Å². The molecule has 1 saturated carbocycles. The number of anilines is 1. The summed E-state index contributed by atoms with van der Waals surface area (Å²) in [4.78, 5) is 28.0. The van der Waals surface area contributed by atoms with E-state index in [0.29, 0.717) is 30.7 Å². The van der Waals surface area contributed by atoms with Crippen LogP contribution in [0.1, 0.15) is 57.8 Å². The third-order valence-corrected chi connectivity index (χ3v) is 8.34. The highest BCUT2D eigenvalue weighted by molar-refractivity contribution is 6.22. The third kappa shape index (κ3) is 4.35. The number of allylic oxidation sites excluding steroid dienone is 4. The maximum atomic E-state index is 13.3. The number of aliphatic hydroxyl groups excluding tert-OH is 1. The van der Waals surface area contributed by atoms with Gasteiger partial charge in [-0.25, -0.2) is 0 Å². The summed E-state index contributed by atoms with van der Waals surface area (Å²) in [6, 6.07) is 7.45. The SMILES string of the molecule is O=C1C2C3C=CC(C4C=CC43)C2C(=O)N1c1ccc(OCCCCCCCCCCCO)cc1. The highest BCUT2D eigenvalue weighted by atomic mass is 16.5. The van der Waals surface area contributed by atoms with Gasteiger partial charge in [-0.3, -0.25) is 14.5 Å². The van der Waals surface area contributed by atoms with Crippen molar-refractivity contribution in [1.82, 2.24) is 0 Å². The lowest BCUT2D eigenvalue weighted by Gasteiger charge is -2.51. The monoisotopic (exact) mass is 463 g/mol. The fraction of sp³-hybridized carbons (Fsp3) is 0.586. The topological polar surface area (TPSA) is 66.8 Å². The molecule has 2 amide bonds. The van der Waals surface area contributed by atoms with Gasteiger partial charge in [0.05, 0.1) is 24.1 Å². The van der Waals surface area contributed by atoms with Gasteiger partial charge in [-0.1, -0.05) is 69.2 Å². The van der Waals surface area contributed by atoms with E-state index in [1.165, 1.54) is 43.4 Å². The number of imide groups is 1. The van der Waals surface area contributed by atoms with Gasteiger partial charge in [-0.15, -0.1) is 0 Å². The Morgan fingerprint density at radius 3 is 1.62 bits per heavy atom. The van der Waals surface area contributed by atoms with E-state index < -0.39 is 0 Å². The molecule has 0 aromatic heterocycles. The quantitative estimate of drug-likeness (QED) is 0.245. The number of carbonyl (C=O) groups excluding carboxylic acids is 2. The smallest absolute Gasteiger partial charge is 0.238 e. The van der Waals surface area contributed by atoms with Gasteiger partial charge in [-0.2, -0.15) is 0 Å². The van der Waals surface area contributed by atoms with Crippen molar-refractivity contribution in [2.45, 2.75) is 57.8 Å². The zero-order chi connectivity index (χ0) is 23.5. The molecule has 2 bridgehead atoms. The first kappa shape index (κ1) is 23.3. The van der Waals surface area contributed by atoms with Crippen LogP contribution >= 0.6 is 0 Å². The Kier molecular flexibility index (Phi) is 7.19. The molecule has 34 heavy (non-hydrogen) atoms. The minimum Gasteiger partial charge on any atom is -0.494 e. The lowest BCUT2D eigenvalue weighted by molar-refractivity contribution is -0.127. The maximum Gasteiger partial charge on any atom is 0.238 e. The zero-order valence-corrected chi connectivity index (χ0v) is 20.0. The molecule has 1 heterocycles. The lowest BCUT2D eigenvalue weighted by Crippen LogP contribution is -2.50. The van der Waals surface area contributed by atoms with Gasteiger partial charge in [0, 0.05) is 6.61 Å². The van der Waals surface area contributed by atoms with Gasteiger partial charge >= 0.3 is 0 Å². The molecule has 5 heteroatoms. The predicted molar refractivity (Wildman–Crippen MR) is 132 cm³/mol. The number of ether oxygens (including phenoxy) is 1. The number of amides is 2. The Morgan fingerprint density at radius 2 is 1.12 bits per heavy atom. The third-order valence-electron chi connectivity index (χ3n) is 8.34. The van der Waals surface area contributed by atoms with Crippen LogP contribution in [-0.2, 0) is 9.59 Å². The molecule has 1 N–H and O–H groups in total. The Morgan fingerprint density at radius 1 is 0.647 bits per heavy atom. The molecule has 6 atom stereocenters. The largest absolute Gasteiger partial charge is 0.494 e. The second-order valence-corrected chi connectivity index (χ2v) is 10.4. The van der Waals surface area contributed by atoms with Gasteiger partial charge in [0.15, 0.2) is 0 Å². The van der Waals surface area contributed by atoms with E-state index in [9.17, 15) is 9.59 Å². The van der Waals surface area contributed by atoms with Crippen molar-refractivity contribution in [3.8, 4) is 5.75 Å². The minimum atomic E-state index is -0.204. The van der Waals surface area contributed by atoms with Crippen LogP contribution in [0.25, 0.3) is 0 Å². The van der Waals surface area contributed by atoms with Crippen LogP contribution in [0, 0.1) is 35.5 Å². The number of hydrogen-bond donors (Lipinski definition) is 1. The summed E-state index contributed by atoms with van der Waals surface area (Å²) >= 11 is 0. The number of hydrogen-bond acceptors (Lipinski definition) is 4. The van der Waals surface area contributed by atoms with Crippen LogP contribution in [-0.4, -0.2) is 30.1 Å². The molecular formula is C29H37NO4. The summed E-state index contributed by atoms with van der Waals surface area (Å²) in [6.45, 7) is 1.00. The molecular weight excluding hydrogens is 426 g/mol. The van der Waals surface area contributed by atoms with E-state index in [2.05, 4.69) is 24.3 Å². The molecule has 6 unspecified atom stereocenters. The van der Waals surface area contributed by atoms with Crippen molar-refractivity contribution < 1.29 is 19.4 Å². The summed E-state index contributed by atoms with van der Waals surface area (Å²) in [5.74, 6) is 1.51. The Hall–Kier alpha value is -2.40. The normalized spacial score (nSPS) is 30.4. The molecule has 6 rings (SSSR count). The Labute approximate surface area is 202 Å². The molecule has 0 spiro atoms. The summed E-state index contributed by atoms with van der Waals surface area (Å²) in [5.41, 5.74) is 0.662. The van der Waals surface area contributed by atoms with Gasteiger partial charge in [0.2, 0.25) is 11.8 Å². The molecule has 2 fully saturated rings. The van der Waals surface area contributed by atoms with Crippen LogP contribution in [0.15, 0.2) is 48.6 Å². The lowest BCUT2D eigenvalue weighted by atomic mass is 9.50. The van der Waals surface area contributed by atoms with Crippen molar-refractivity contribution in [2.24, 2.45) is 35.5 Å². The Bertz CT molecular complexity index is 896. The summed E-state index contributed by atoms with van der Waals surface area (Å²) in [5, 5.41) is 8.79. The molecule has 0 radical (unpaired) electrons. The molecule has 1 aliphatic heterocycles. The summed E-state index contributed by atoms with van der Waals surface area (Å²) in [6.07, 6.45) is 19.3. The molecule has 182 valence electrons. The van der Waals surface area contributed by atoms with Crippen molar-refractivity contribution in [1.29, 1.82) is 0 Å². The summed E-state index contributed by atoms with van der Waals surface area (Å²) in [7, 11) is 0. The highest BCUT2D eigenvalue weighted by Crippen LogP contribution is 2.59. The van der Waals surface area contributed by atoms with Gasteiger partial charge < -0.3 is 9.84 Å². The van der Waals surface area contributed by atoms with Gasteiger partial charge in [0.1, 0.15) is 5.75 Å². The average Bonchev–Trinajstić information content (AvgIpc) is 3.09. The molecule has 5 aliphatic rings. The van der Waals surface area contributed by atoms with Crippen LogP contribution in [0.3, 0.4) is 0 Å². The van der Waals surface area contributed by atoms with Crippen LogP contribution in [0.4, 0.5) is 5.69 Å². The number of unbranched alkanes of at least 4 members (excludes halogenated alkanes) is 8. The van der Waals surface area contributed by atoms with Crippen molar-refractivity contribution in [2.75, 3.05) is 18.1 Å². The van der Waals surface area contributed by atoms with Crippen molar-refractivity contribution in [3.63, 3.8) is 0 Å². The fourth-order valence-corrected chi connectivity index (χ4v) is 6.48. The number of aliphatic hydroxyl groups is 1. The van der Waals surface area contributed by atoms with Gasteiger partial charge in [-0.05, 0) is 60.8 Å². The van der Waals surface area contributed by atoms with E-state index in [4.69, 9.17) is 9.84 Å². The number of nitrogens with zero attached hydrogens (tertiary/aromatic N) is 1. The second kappa shape index (κ2) is 10.5. The number of carbonyl (C=O) groups is 2. The maximum absolute atomic E-state index is 13.3. The van der Waals surface area contributed by atoms with E-state index in [1.807, 2.05) is 24.3 Å². The number of rotatable bonds is 13. The molecule has 5 nitrogen and oxygen atoms in total. The molecule has 1 saturated heterocycles. The average molecular weight is 464 g/mol. The predicted octanol–water partition coefficient (Wildman–Crippen LogP) is 5.29. The second-order valence-electron chi connectivity index (χ2n) is 10.4. The van der Waals surface area contributed by atoms with Crippen LogP contribution < -0.4 is 9.64 Å². The standard InChI is InChI=1S/C29H37NO4/c31-18-8-6-4-2-1-3-5-7-9-19-34-21-12-10-20(11-13-21)30-28(32)26-24-16-17-25(27(26)29(30)33)23-15-14-22(23)24/h10-17,22-27,31H,1-9,18-19H2. The first-order chi connectivity index (χ1) is 16.7. The fourth-order valence-electron chi connectivity index (χ4n) is 6.48. The minimum absolute atomic E-state index is 0.0323. The molecule has 1 aromatic carbocycles. The molecule has 4 aliphatic carbocycles. The first-order valence-corrected chi connectivity index (χ1v) is 13.3. The van der Waals surface area contributed by atoms with Crippen LogP contribution in [0.2, 0.25) is 0 Å². The summed E-state index contributed by atoms with van der Waals surface area (Å²) < 4.78 is 5.89. The zero-order valence-electron chi connectivity index (χ0n) is 20.0. The highest BCUT2D eigenvalue weighted by Gasteiger charge is 2.62. The number of benzene rings is 1. The Balaban J connectivity index is 1.06. The molecule has 1 aromatic rings. The van der Waals surface area contributed by atoms with Crippen molar-refractivity contribution in [3.05, 3.63) is 48.6 Å². The van der Waals surface area contributed by atoms with E-state index >= 15 is 0 Å².